The van der Waals surface area contributed by atoms with Crippen LogP contribution in [0.4, 0.5) is 0 Å². The van der Waals surface area contributed by atoms with E-state index in [4.69, 9.17) is 10.2 Å². The molecule has 2 aromatic carbocycles. The third-order valence-electron chi connectivity index (χ3n) is 4.62. The Morgan fingerprint density at radius 1 is 0.600 bits per heavy atom. The van der Waals surface area contributed by atoms with Crippen LogP contribution < -0.4 is 0 Å². The van der Waals surface area contributed by atoms with Crippen LogP contribution in [0.3, 0.4) is 0 Å². The van der Waals surface area contributed by atoms with E-state index in [2.05, 4.69) is 4.74 Å². The Balaban J connectivity index is 2.32. The highest BCUT2D eigenvalue weighted by Crippen LogP contribution is 2.43. The average Bonchev–Trinajstić information content (AvgIpc) is 2.67. The van der Waals surface area contributed by atoms with Gasteiger partial charge in [0.05, 0.1) is 22.3 Å². The zero-order chi connectivity index (χ0) is 22.4. The van der Waals surface area contributed by atoms with Crippen LogP contribution in [0.5, 0.6) is 0 Å². The Labute approximate surface area is 165 Å². The van der Waals surface area contributed by atoms with Gasteiger partial charge in [0.15, 0.2) is 0 Å². The molecule has 3 rings (SSSR count). The number of esters is 2. The highest BCUT2D eigenvalue weighted by Gasteiger charge is 2.62. The SMILES string of the molecule is O=C(O)c1ccc(C2(c3ccc(C(=O)O)c(C(=O)O)c3)C(=O)OC2=O)cc1C(=O)O. The first kappa shape index (κ1) is 20.2. The molecule has 0 aromatic heterocycles. The van der Waals surface area contributed by atoms with E-state index in [-0.39, 0.29) is 11.1 Å². The molecule has 11 heteroatoms. The van der Waals surface area contributed by atoms with Crippen molar-refractivity contribution in [3.05, 3.63) is 69.8 Å². The van der Waals surface area contributed by atoms with Crippen molar-refractivity contribution in [2.45, 2.75) is 5.41 Å². The highest BCUT2D eigenvalue weighted by molar-refractivity contribution is 6.22. The van der Waals surface area contributed by atoms with E-state index in [1.807, 2.05) is 0 Å². The number of aromatic carboxylic acids is 4. The molecular weight excluding hydrogens is 404 g/mol. The van der Waals surface area contributed by atoms with E-state index >= 15 is 0 Å². The van der Waals surface area contributed by atoms with Gasteiger partial charge >= 0.3 is 35.8 Å². The lowest BCUT2D eigenvalue weighted by Crippen LogP contribution is -2.57. The minimum Gasteiger partial charge on any atom is -0.478 e. The fourth-order valence-electron chi connectivity index (χ4n) is 3.19. The van der Waals surface area contributed by atoms with E-state index in [0.717, 1.165) is 36.4 Å². The number of ether oxygens (including phenoxy) is 1. The van der Waals surface area contributed by atoms with Crippen LogP contribution in [0.2, 0.25) is 0 Å². The maximum Gasteiger partial charge on any atom is 0.340 e. The predicted molar refractivity (Wildman–Crippen MR) is 92.6 cm³/mol. The first-order valence-electron chi connectivity index (χ1n) is 8.00. The number of carbonyl (C=O) groups excluding carboxylic acids is 2. The van der Waals surface area contributed by atoms with Crippen molar-refractivity contribution in [1.82, 2.24) is 0 Å². The van der Waals surface area contributed by atoms with Gasteiger partial charge in [0, 0.05) is 0 Å². The first-order valence-corrected chi connectivity index (χ1v) is 8.00. The van der Waals surface area contributed by atoms with Gasteiger partial charge in [0.25, 0.3) is 0 Å². The molecule has 0 radical (unpaired) electrons. The molecule has 0 saturated carbocycles. The first-order chi connectivity index (χ1) is 14.0. The number of benzene rings is 2. The summed E-state index contributed by atoms with van der Waals surface area (Å²) in [4.78, 5) is 70.2. The Bertz CT molecular complexity index is 1080. The van der Waals surface area contributed by atoms with Crippen molar-refractivity contribution in [2.24, 2.45) is 0 Å². The highest BCUT2D eigenvalue weighted by atomic mass is 16.6. The van der Waals surface area contributed by atoms with Crippen LogP contribution >= 0.6 is 0 Å². The molecule has 0 amide bonds. The summed E-state index contributed by atoms with van der Waals surface area (Å²) in [7, 11) is 0. The molecule has 0 spiro atoms. The average molecular weight is 414 g/mol. The second kappa shape index (κ2) is 6.81. The van der Waals surface area contributed by atoms with Crippen molar-refractivity contribution in [2.75, 3.05) is 0 Å². The smallest absolute Gasteiger partial charge is 0.340 e. The molecule has 1 aliphatic heterocycles. The van der Waals surface area contributed by atoms with Gasteiger partial charge in [-0.3, -0.25) is 0 Å². The Kier molecular flexibility index (Phi) is 4.59. The molecule has 1 aliphatic rings. The number of rotatable bonds is 6. The van der Waals surface area contributed by atoms with Gasteiger partial charge in [0.1, 0.15) is 0 Å². The predicted octanol–water partition coefficient (Wildman–Crippen LogP) is 0.849. The Hall–Kier alpha value is -4.54. The molecule has 30 heavy (non-hydrogen) atoms. The zero-order valence-electron chi connectivity index (χ0n) is 14.6. The lowest BCUT2D eigenvalue weighted by molar-refractivity contribution is -0.184. The summed E-state index contributed by atoms with van der Waals surface area (Å²) >= 11 is 0. The van der Waals surface area contributed by atoms with E-state index in [0.29, 0.717) is 0 Å². The van der Waals surface area contributed by atoms with E-state index in [1.165, 1.54) is 0 Å². The van der Waals surface area contributed by atoms with Gasteiger partial charge in [-0.1, -0.05) is 12.1 Å². The van der Waals surface area contributed by atoms with Crippen molar-refractivity contribution in [3.63, 3.8) is 0 Å². The van der Waals surface area contributed by atoms with Crippen molar-refractivity contribution in [3.8, 4) is 0 Å². The van der Waals surface area contributed by atoms with Crippen LogP contribution in [-0.4, -0.2) is 56.2 Å². The van der Waals surface area contributed by atoms with Gasteiger partial charge in [-0.15, -0.1) is 0 Å². The summed E-state index contributed by atoms with van der Waals surface area (Å²) in [6.45, 7) is 0. The molecule has 0 aliphatic carbocycles. The summed E-state index contributed by atoms with van der Waals surface area (Å²) in [5.74, 6) is -8.73. The van der Waals surface area contributed by atoms with Crippen LogP contribution in [0.1, 0.15) is 52.6 Å². The van der Waals surface area contributed by atoms with Crippen molar-refractivity contribution < 1.29 is 53.9 Å². The quantitative estimate of drug-likeness (QED) is 0.387. The molecule has 0 atom stereocenters. The fraction of sp³-hybridized carbons (Fsp3) is 0.0526. The number of hydrogen-bond donors (Lipinski definition) is 4. The van der Waals surface area contributed by atoms with Crippen molar-refractivity contribution >= 4 is 35.8 Å². The van der Waals surface area contributed by atoms with Crippen LogP contribution in [-0.2, 0) is 19.7 Å². The summed E-state index contributed by atoms with van der Waals surface area (Å²) in [5, 5.41) is 36.9. The summed E-state index contributed by atoms with van der Waals surface area (Å²) < 4.78 is 4.41. The van der Waals surface area contributed by atoms with Crippen LogP contribution in [0, 0.1) is 0 Å². The third kappa shape index (κ3) is 2.76. The fourth-order valence-corrected chi connectivity index (χ4v) is 3.19. The monoisotopic (exact) mass is 414 g/mol. The number of hydrogen-bond acceptors (Lipinski definition) is 7. The molecule has 11 nitrogen and oxygen atoms in total. The third-order valence-corrected chi connectivity index (χ3v) is 4.62. The second-order valence-corrected chi connectivity index (χ2v) is 6.17. The second-order valence-electron chi connectivity index (χ2n) is 6.17. The molecule has 152 valence electrons. The van der Waals surface area contributed by atoms with E-state index in [1.54, 1.807) is 0 Å². The topological polar surface area (TPSA) is 193 Å². The number of carboxylic acids is 4. The Morgan fingerprint density at radius 2 is 0.933 bits per heavy atom. The maximum absolute atomic E-state index is 12.4. The minimum absolute atomic E-state index is 0.273. The molecule has 2 aromatic rings. The van der Waals surface area contributed by atoms with Crippen LogP contribution in [0.15, 0.2) is 36.4 Å². The number of carbonyl (C=O) groups is 6. The van der Waals surface area contributed by atoms with Crippen molar-refractivity contribution in [1.29, 1.82) is 0 Å². The van der Waals surface area contributed by atoms with Gasteiger partial charge in [-0.25, -0.2) is 28.8 Å². The number of cyclic esters (lactones) is 2. The van der Waals surface area contributed by atoms with Gasteiger partial charge < -0.3 is 25.2 Å². The summed E-state index contributed by atoms with van der Waals surface area (Å²) in [6.07, 6.45) is 0. The van der Waals surface area contributed by atoms with E-state index < -0.39 is 63.5 Å². The minimum atomic E-state index is -2.28. The van der Waals surface area contributed by atoms with E-state index in [9.17, 15) is 39.0 Å². The van der Waals surface area contributed by atoms with Gasteiger partial charge in [-0.05, 0) is 35.4 Å². The summed E-state index contributed by atoms with van der Waals surface area (Å²) in [6, 6.07) is 5.42. The summed E-state index contributed by atoms with van der Waals surface area (Å²) in [5.41, 5.74) is -5.46. The largest absolute Gasteiger partial charge is 0.478 e. The molecule has 1 saturated heterocycles. The molecule has 4 N–H and O–H groups in total. The lowest BCUT2D eigenvalue weighted by atomic mass is 9.70. The molecule has 1 heterocycles. The van der Waals surface area contributed by atoms with Gasteiger partial charge in [0.2, 0.25) is 5.41 Å². The standard InChI is InChI=1S/C19H10O11/c20-13(21)9-3-1-7(5-11(9)15(24)25)19(17(28)30-18(19)29)8-2-4-10(14(22)23)12(6-8)16(26)27/h1-6H,(H,20,21)(H,22,23)(H,24,25)(H,26,27). The molecule has 0 bridgehead atoms. The van der Waals surface area contributed by atoms with Crippen LogP contribution in [0.25, 0.3) is 0 Å². The molecule has 1 fully saturated rings. The lowest BCUT2D eigenvalue weighted by Gasteiger charge is -2.37. The normalized spacial score (nSPS) is 14.4. The molecule has 0 unspecified atom stereocenters. The Morgan fingerprint density at radius 3 is 1.20 bits per heavy atom. The molecular formula is C19H10O11. The maximum atomic E-state index is 12.4. The number of carboxylic acid groups (broad SMARTS) is 4. The zero-order valence-corrected chi connectivity index (χ0v) is 14.6. The van der Waals surface area contributed by atoms with Gasteiger partial charge in [-0.2, -0.15) is 0 Å².